The second-order valence-corrected chi connectivity index (χ2v) is 7.40. The fourth-order valence-electron chi connectivity index (χ4n) is 1.37. The number of nitrogens with one attached hydrogen (secondary N) is 1. The lowest BCUT2D eigenvalue weighted by Gasteiger charge is -2.12. The maximum Gasteiger partial charge on any atom is 0.238 e. The van der Waals surface area contributed by atoms with Gasteiger partial charge in [-0.2, -0.15) is 0 Å². The van der Waals surface area contributed by atoms with Crippen molar-refractivity contribution in [2.24, 2.45) is 0 Å². The molecule has 1 aromatic rings. The molecule has 0 bridgehead atoms. The topological polar surface area (TPSA) is 63.2 Å². The first-order chi connectivity index (χ1) is 8.23. The van der Waals surface area contributed by atoms with Crippen molar-refractivity contribution in [1.29, 1.82) is 0 Å². The molecular weight excluding hydrogens is 318 g/mol. The van der Waals surface area contributed by atoms with E-state index in [1.165, 1.54) is 6.92 Å². The maximum atomic E-state index is 11.7. The predicted molar refractivity (Wildman–Crippen MR) is 75.0 cm³/mol. The third kappa shape index (κ3) is 3.81. The quantitative estimate of drug-likeness (QED) is 0.913. The van der Waals surface area contributed by atoms with Gasteiger partial charge in [-0.05, 0) is 25.0 Å². The molecule has 0 aromatic heterocycles. The molecule has 1 aromatic carbocycles. The number of carbonyl (C=O) groups is 1. The molecule has 4 nitrogen and oxygen atoms in total. The zero-order valence-electron chi connectivity index (χ0n) is 10.5. The Labute approximate surface area is 116 Å². The number of rotatable bonds is 4. The minimum absolute atomic E-state index is 0.307. The summed E-state index contributed by atoms with van der Waals surface area (Å²) in [6, 6.07) is 5.72. The first-order valence-electron chi connectivity index (χ1n) is 5.44. The van der Waals surface area contributed by atoms with Gasteiger partial charge >= 0.3 is 0 Å². The Bertz CT molecular complexity index is 554. The third-order valence-corrected chi connectivity index (χ3v) is 5.37. The standard InChI is InChI=1S/C12H16BrNO3S/c1-8-5-4-6-10(11(8)13)7-14-12(15)9(2)18(3,16)17/h4-6,9H,7H2,1-3H3,(H,14,15)/t9-/m0/s1. The summed E-state index contributed by atoms with van der Waals surface area (Å²) in [5.41, 5.74) is 1.99. The van der Waals surface area contributed by atoms with Gasteiger partial charge in [-0.1, -0.05) is 34.1 Å². The van der Waals surface area contributed by atoms with Crippen LogP contribution in [0.5, 0.6) is 0 Å². The van der Waals surface area contributed by atoms with Crippen LogP contribution in [0.1, 0.15) is 18.1 Å². The highest BCUT2D eigenvalue weighted by atomic mass is 79.9. The fraction of sp³-hybridized carbons (Fsp3) is 0.417. The van der Waals surface area contributed by atoms with Crippen LogP contribution in [0.25, 0.3) is 0 Å². The van der Waals surface area contributed by atoms with Gasteiger partial charge in [0.05, 0.1) is 0 Å². The van der Waals surface area contributed by atoms with Crippen LogP contribution in [-0.4, -0.2) is 25.8 Å². The number of sulfone groups is 1. The van der Waals surface area contributed by atoms with Crippen molar-refractivity contribution < 1.29 is 13.2 Å². The second kappa shape index (κ2) is 5.84. The fourth-order valence-corrected chi connectivity index (χ4v) is 2.24. The molecule has 0 aliphatic carbocycles. The number of halogens is 1. The van der Waals surface area contributed by atoms with E-state index in [0.29, 0.717) is 6.54 Å². The molecule has 0 aliphatic heterocycles. The van der Waals surface area contributed by atoms with E-state index in [9.17, 15) is 13.2 Å². The Balaban J connectivity index is 2.72. The molecule has 0 saturated heterocycles. The van der Waals surface area contributed by atoms with Crippen LogP contribution in [0.15, 0.2) is 22.7 Å². The van der Waals surface area contributed by atoms with Crippen LogP contribution in [0.3, 0.4) is 0 Å². The Morgan fingerprint density at radius 3 is 2.61 bits per heavy atom. The van der Waals surface area contributed by atoms with Gasteiger partial charge in [0.15, 0.2) is 9.84 Å². The molecule has 1 atom stereocenters. The number of hydrogen-bond acceptors (Lipinski definition) is 3. The average molecular weight is 334 g/mol. The van der Waals surface area contributed by atoms with Gasteiger partial charge < -0.3 is 5.32 Å². The van der Waals surface area contributed by atoms with Gasteiger partial charge in [-0.15, -0.1) is 0 Å². The Morgan fingerprint density at radius 1 is 1.44 bits per heavy atom. The SMILES string of the molecule is Cc1cccc(CNC(=O)[C@H](C)S(C)(=O)=O)c1Br. The summed E-state index contributed by atoms with van der Waals surface area (Å²) in [5.74, 6) is -0.481. The van der Waals surface area contributed by atoms with Crippen LogP contribution in [0.4, 0.5) is 0 Å². The number of carbonyl (C=O) groups excluding carboxylic acids is 1. The summed E-state index contributed by atoms with van der Waals surface area (Å²) in [7, 11) is -3.35. The van der Waals surface area contributed by atoms with E-state index in [0.717, 1.165) is 21.9 Å². The molecule has 0 spiro atoms. The lowest BCUT2D eigenvalue weighted by atomic mass is 10.1. The second-order valence-electron chi connectivity index (χ2n) is 4.24. The Hall–Kier alpha value is -0.880. The highest BCUT2D eigenvalue weighted by molar-refractivity contribution is 9.10. The van der Waals surface area contributed by atoms with E-state index in [1.54, 1.807) is 0 Å². The van der Waals surface area contributed by atoms with Crippen molar-refractivity contribution in [2.75, 3.05) is 6.26 Å². The van der Waals surface area contributed by atoms with Crippen LogP contribution >= 0.6 is 15.9 Å². The highest BCUT2D eigenvalue weighted by Gasteiger charge is 2.23. The summed E-state index contributed by atoms with van der Waals surface area (Å²) in [4.78, 5) is 11.7. The molecule has 100 valence electrons. The van der Waals surface area contributed by atoms with Crippen molar-refractivity contribution in [3.63, 3.8) is 0 Å². The van der Waals surface area contributed by atoms with Crippen molar-refractivity contribution >= 4 is 31.7 Å². The van der Waals surface area contributed by atoms with Gasteiger partial charge in [0.25, 0.3) is 0 Å². The predicted octanol–water partition coefficient (Wildman–Crippen LogP) is 1.81. The smallest absolute Gasteiger partial charge is 0.238 e. The minimum Gasteiger partial charge on any atom is -0.351 e. The van der Waals surface area contributed by atoms with E-state index in [1.807, 2.05) is 25.1 Å². The number of benzene rings is 1. The van der Waals surface area contributed by atoms with Crippen molar-refractivity contribution in [3.8, 4) is 0 Å². The van der Waals surface area contributed by atoms with Crippen LogP contribution in [-0.2, 0) is 21.2 Å². The average Bonchev–Trinajstić information content (AvgIpc) is 2.28. The minimum atomic E-state index is -3.35. The number of aryl methyl sites for hydroxylation is 1. The number of amides is 1. The van der Waals surface area contributed by atoms with E-state index < -0.39 is 21.0 Å². The summed E-state index contributed by atoms with van der Waals surface area (Å²) in [6.45, 7) is 3.64. The lowest BCUT2D eigenvalue weighted by molar-refractivity contribution is -0.120. The van der Waals surface area contributed by atoms with Gasteiger partial charge in [-0.25, -0.2) is 8.42 Å². The molecule has 1 rings (SSSR count). The molecule has 0 saturated carbocycles. The van der Waals surface area contributed by atoms with Crippen LogP contribution in [0.2, 0.25) is 0 Å². The van der Waals surface area contributed by atoms with Crippen molar-refractivity contribution in [1.82, 2.24) is 5.32 Å². The largest absolute Gasteiger partial charge is 0.351 e. The van der Waals surface area contributed by atoms with E-state index >= 15 is 0 Å². The molecular formula is C12H16BrNO3S. The van der Waals surface area contributed by atoms with E-state index in [-0.39, 0.29) is 0 Å². The van der Waals surface area contributed by atoms with Crippen molar-refractivity contribution in [2.45, 2.75) is 25.6 Å². The summed E-state index contributed by atoms with van der Waals surface area (Å²) < 4.78 is 23.4. The van der Waals surface area contributed by atoms with Gasteiger partial charge in [0, 0.05) is 17.3 Å². The molecule has 0 fully saturated rings. The first-order valence-corrected chi connectivity index (χ1v) is 8.19. The maximum absolute atomic E-state index is 11.7. The van der Waals surface area contributed by atoms with Crippen LogP contribution < -0.4 is 5.32 Å². The summed E-state index contributed by atoms with van der Waals surface area (Å²) >= 11 is 3.44. The highest BCUT2D eigenvalue weighted by Crippen LogP contribution is 2.20. The summed E-state index contributed by atoms with van der Waals surface area (Å²) in [5, 5.41) is 1.60. The monoisotopic (exact) mass is 333 g/mol. The molecule has 1 N–H and O–H groups in total. The first kappa shape index (κ1) is 15.2. The van der Waals surface area contributed by atoms with Gasteiger partial charge in [0.2, 0.25) is 5.91 Å². The van der Waals surface area contributed by atoms with Gasteiger partial charge in [-0.3, -0.25) is 4.79 Å². The molecule has 0 heterocycles. The molecule has 0 unspecified atom stereocenters. The number of hydrogen-bond donors (Lipinski definition) is 1. The van der Waals surface area contributed by atoms with E-state index in [4.69, 9.17) is 0 Å². The van der Waals surface area contributed by atoms with Crippen molar-refractivity contribution in [3.05, 3.63) is 33.8 Å². The normalized spacial score (nSPS) is 13.1. The zero-order chi connectivity index (χ0) is 13.9. The molecule has 6 heteroatoms. The summed E-state index contributed by atoms with van der Waals surface area (Å²) in [6.07, 6.45) is 1.06. The molecule has 1 amide bonds. The molecule has 0 radical (unpaired) electrons. The molecule has 18 heavy (non-hydrogen) atoms. The Morgan fingerprint density at radius 2 is 2.06 bits per heavy atom. The third-order valence-electron chi connectivity index (χ3n) is 2.74. The van der Waals surface area contributed by atoms with Crippen LogP contribution in [0, 0.1) is 6.92 Å². The van der Waals surface area contributed by atoms with Gasteiger partial charge in [0.1, 0.15) is 5.25 Å². The Kier molecular flexibility index (Phi) is 4.92. The molecule has 0 aliphatic rings. The van der Waals surface area contributed by atoms with E-state index in [2.05, 4.69) is 21.2 Å². The zero-order valence-corrected chi connectivity index (χ0v) is 12.9. The lowest BCUT2D eigenvalue weighted by Crippen LogP contribution is -2.37.